The molecule has 1 fully saturated rings. The van der Waals surface area contributed by atoms with E-state index in [-0.39, 0.29) is 11.6 Å². The van der Waals surface area contributed by atoms with Gasteiger partial charge < -0.3 is 9.67 Å². The van der Waals surface area contributed by atoms with Gasteiger partial charge >= 0.3 is 0 Å². The van der Waals surface area contributed by atoms with Crippen LogP contribution < -0.4 is 0 Å². The zero-order valence-electron chi connectivity index (χ0n) is 13.3. The number of benzene rings is 1. The van der Waals surface area contributed by atoms with Crippen LogP contribution in [-0.2, 0) is 6.42 Å². The molecule has 0 bridgehead atoms. The molecule has 0 amide bonds. The molecule has 3 aliphatic rings. The molecule has 0 unspecified atom stereocenters. The van der Waals surface area contributed by atoms with E-state index < -0.39 is 0 Å². The Labute approximate surface area is 131 Å². The Morgan fingerprint density at radius 1 is 1.27 bits per heavy atom. The Balaban J connectivity index is 1.85. The largest absolute Gasteiger partial charge is 0.373 e. The minimum absolute atomic E-state index is 0.275. The van der Waals surface area contributed by atoms with Gasteiger partial charge in [-0.05, 0) is 55.7 Å². The average Bonchev–Trinajstić information content (AvgIpc) is 2.89. The fourth-order valence-corrected chi connectivity index (χ4v) is 5.66. The molecule has 1 saturated heterocycles. The lowest BCUT2D eigenvalue weighted by molar-refractivity contribution is -0.0791. The minimum Gasteiger partial charge on any atom is -0.373 e. The molecule has 116 valence electrons. The van der Waals surface area contributed by atoms with Gasteiger partial charge in [-0.3, -0.25) is 4.90 Å². The molecule has 3 aliphatic heterocycles. The molecule has 1 N–H and O–H groups in total. The van der Waals surface area contributed by atoms with Crippen molar-refractivity contribution in [3.8, 4) is 0 Å². The van der Waals surface area contributed by atoms with E-state index in [4.69, 9.17) is 0 Å². The van der Waals surface area contributed by atoms with Gasteiger partial charge in [-0.25, -0.2) is 0 Å². The van der Waals surface area contributed by atoms with E-state index in [1.165, 1.54) is 54.5 Å². The van der Waals surface area contributed by atoms with Gasteiger partial charge in [0.2, 0.25) is 0 Å². The highest BCUT2D eigenvalue weighted by Crippen LogP contribution is 2.59. The highest BCUT2D eigenvalue weighted by molar-refractivity contribution is 5.86. The first-order valence-corrected chi connectivity index (χ1v) is 8.79. The molecule has 3 atom stereocenters. The van der Waals surface area contributed by atoms with Crippen molar-refractivity contribution >= 4 is 10.9 Å². The van der Waals surface area contributed by atoms with E-state index in [0.717, 1.165) is 12.8 Å². The first-order valence-electron chi connectivity index (χ1n) is 8.79. The van der Waals surface area contributed by atoms with Crippen molar-refractivity contribution in [2.75, 3.05) is 13.1 Å². The summed E-state index contributed by atoms with van der Waals surface area (Å²) in [5.41, 5.74) is 4.46. The maximum absolute atomic E-state index is 11.0. The number of aromatic nitrogens is 1. The number of piperidine rings is 1. The van der Waals surface area contributed by atoms with E-state index in [2.05, 4.69) is 40.7 Å². The summed E-state index contributed by atoms with van der Waals surface area (Å²) >= 11 is 0. The zero-order chi connectivity index (χ0) is 14.9. The van der Waals surface area contributed by atoms with E-state index in [1.807, 2.05) is 0 Å². The molecular weight excluding hydrogens is 272 g/mol. The van der Waals surface area contributed by atoms with Crippen LogP contribution in [-0.4, -0.2) is 27.7 Å². The minimum atomic E-state index is -0.358. The highest BCUT2D eigenvalue weighted by Gasteiger charge is 2.52. The fraction of sp³-hybridized carbons (Fsp3) is 0.579. The third-order valence-electron chi connectivity index (χ3n) is 6.62. The fourth-order valence-electron chi connectivity index (χ4n) is 5.66. The summed E-state index contributed by atoms with van der Waals surface area (Å²) in [5.74, 6) is 0. The van der Waals surface area contributed by atoms with Crippen LogP contribution >= 0.6 is 0 Å². The van der Waals surface area contributed by atoms with Crippen molar-refractivity contribution < 1.29 is 5.11 Å². The predicted molar refractivity (Wildman–Crippen MR) is 87.8 cm³/mol. The van der Waals surface area contributed by atoms with Crippen LogP contribution in [0.3, 0.4) is 0 Å². The summed E-state index contributed by atoms with van der Waals surface area (Å²) in [5, 5.41) is 12.3. The van der Waals surface area contributed by atoms with E-state index in [1.54, 1.807) is 0 Å². The van der Waals surface area contributed by atoms with Gasteiger partial charge in [0.25, 0.3) is 0 Å². The van der Waals surface area contributed by atoms with Gasteiger partial charge in [0.1, 0.15) is 6.23 Å². The lowest BCUT2D eigenvalue weighted by Gasteiger charge is -2.56. The number of para-hydroxylation sites is 1. The molecule has 3 heteroatoms. The summed E-state index contributed by atoms with van der Waals surface area (Å²) in [6, 6.07) is 9.19. The van der Waals surface area contributed by atoms with Gasteiger partial charge in [0.05, 0.1) is 11.6 Å². The maximum Gasteiger partial charge on any atom is 0.131 e. The summed E-state index contributed by atoms with van der Waals surface area (Å²) in [7, 11) is 0. The van der Waals surface area contributed by atoms with Crippen LogP contribution in [0.5, 0.6) is 0 Å². The van der Waals surface area contributed by atoms with Gasteiger partial charge in [-0.15, -0.1) is 0 Å². The summed E-state index contributed by atoms with van der Waals surface area (Å²) in [6.45, 7) is 4.73. The SMILES string of the molecule is CC[C@@]12CCCN3CCc4c(n(c5ccccc45)[C@@H](O)C1)[C@@H]32. The first kappa shape index (κ1) is 13.1. The lowest BCUT2D eigenvalue weighted by atomic mass is 9.64. The second-order valence-electron chi connectivity index (χ2n) is 7.44. The van der Waals surface area contributed by atoms with Crippen molar-refractivity contribution in [1.29, 1.82) is 0 Å². The van der Waals surface area contributed by atoms with Crippen LogP contribution in [0.15, 0.2) is 24.3 Å². The molecular formula is C19H24N2O. The number of nitrogens with zero attached hydrogens (tertiary/aromatic N) is 2. The van der Waals surface area contributed by atoms with Crippen LogP contribution in [0.2, 0.25) is 0 Å². The number of aliphatic hydroxyl groups is 1. The maximum atomic E-state index is 11.0. The standard InChI is InChI=1S/C19H24N2O/c1-2-19-9-5-10-20-11-8-14-13-6-3-4-7-15(13)21(16(22)12-19)17(14)18(19)20/h3-4,6-7,16,18,22H,2,5,8-12H2,1H3/t16-,18+,19+/m0/s1. The molecule has 1 aromatic carbocycles. The van der Waals surface area contributed by atoms with Crippen molar-refractivity contribution in [3.05, 3.63) is 35.5 Å². The molecule has 22 heavy (non-hydrogen) atoms. The van der Waals surface area contributed by atoms with Crippen molar-refractivity contribution in [3.63, 3.8) is 0 Å². The van der Waals surface area contributed by atoms with Crippen molar-refractivity contribution in [1.82, 2.24) is 9.47 Å². The quantitative estimate of drug-likeness (QED) is 0.870. The molecule has 1 aromatic heterocycles. The van der Waals surface area contributed by atoms with Crippen molar-refractivity contribution in [2.24, 2.45) is 5.41 Å². The lowest BCUT2D eigenvalue weighted by Crippen LogP contribution is -2.53. The van der Waals surface area contributed by atoms with E-state index in [0.29, 0.717) is 6.04 Å². The van der Waals surface area contributed by atoms with Gasteiger partial charge in [0, 0.05) is 17.6 Å². The van der Waals surface area contributed by atoms with E-state index >= 15 is 0 Å². The van der Waals surface area contributed by atoms with Gasteiger partial charge in [-0.1, -0.05) is 25.1 Å². The molecule has 0 saturated carbocycles. The Morgan fingerprint density at radius 3 is 3.00 bits per heavy atom. The molecule has 0 aliphatic carbocycles. The van der Waals surface area contributed by atoms with Gasteiger partial charge in [-0.2, -0.15) is 0 Å². The smallest absolute Gasteiger partial charge is 0.131 e. The monoisotopic (exact) mass is 296 g/mol. The first-order chi connectivity index (χ1) is 10.7. The normalized spacial score (nSPS) is 33.9. The van der Waals surface area contributed by atoms with E-state index in [9.17, 15) is 5.11 Å². The van der Waals surface area contributed by atoms with Crippen LogP contribution in [0, 0.1) is 5.41 Å². The topological polar surface area (TPSA) is 28.4 Å². The predicted octanol–water partition coefficient (Wildman–Crippen LogP) is 3.63. The Kier molecular flexibility index (Phi) is 2.61. The number of fused-ring (bicyclic) bond motifs is 3. The van der Waals surface area contributed by atoms with Crippen LogP contribution in [0.25, 0.3) is 10.9 Å². The second-order valence-corrected chi connectivity index (χ2v) is 7.44. The number of rotatable bonds is 1. The molecule has 4 heterocycles. The zero-order valence-corrected chi connectivity index (χ0v) is 13.3. The number of aliphatic hydroxyl groups excluding tert-OH is 1. The summed E-state index contributed by atoms with van der Waals surface area (Å²) < 4.78 is 2.26. The highest BCUT2D eigenvalue weighted by atomic mass is 16.3. The number of hydrogen-bond donors (Lipinski definition) is 1. The molecule has 3 nitrogen and oxygen atoms in total. The average molecular weight is 296 g/mol. The van der Waals surface area contributed by atoms with Crippen LogP contribution in [0.4, 0.5) is 0 Å². The molecule has 5 rings (SSSR count). The Morgan fingerprint density at radius 2 is 2.14 bits per heavy atom. The second kappa shape index (κ2) is 4.36. The van der Waals surface area contributed by atoms with Crippen molar-refractivity contribution in [2.45, 2.75) is 51.3 Å². The Bertz CT molecular complexity index is 749. The summed E-state index contributed by atoms with van der Waals surface area (Å²) in [4.78, 5) is 2.70. The molecule has 2 aromatic rings. The molecule has 0 spiro atoms. The van der Waals surface area contributed by atoms with Gasteiger partial charge in [0.15, 0.2) is 0 Å². The summed E-state index contributed by atoms with van der Waals surface area (Å²) in [6.07, 6.45) is 5.41. The molecule has 0 radical (unpaired) electrons. The third-order valence-corrected chi connectivity index (χ3v) is 6.62. The Hall–Kier alpha value is -1.32. The third kappa shape index (κ3) is 1.44. The van der Waals surface area contributed by atoms with Crippen LogP contribution in [0.1, 0.15) is 56.1 Å². The number of hydrogen-bond acceptors (Lipinski definition) is 2.